The molecule has 0 radical (unpaired) electrons. The highest BCUT2D eigenvalue weighted by Gasteiger charge is 2.38. The number of hydrogen-bond acceptors (Lipinski definition) is 3. The van der Waals surface area contributed by atoms with Crippen LogP contribution in [-0.4, -0.2) is 37.0 Å². The van der Waals surface area contributed by atoms with Gasteiger partial charge in [-0.15, -0.1) is 0 Å². The highest BCUT2D eigenvalue weighted by atomic mass is 19.1. The third-order valence-corrected chi connectivity index (χ3v) is 3.82. The molecule has 0 N–H and O–H groups in total. The summed E-state index contributed by atoms with van der Waals surface area (Å²) < 4.78 is 17.8. The lowest BCUT2D eigenvalue weighted by atomic mass is 9.99. The second-order valence-electron chi connectivity index (χ2n) is 5.28. The van der Waals surface area contributed by atoms with Crippen LogP contribution >= 0.6 is 0 Å². The number of halogens is 1. The number of rotatable bonds is 2. The third-order valence-electron chi connectivity index (χ3n) is 3.82. The molecule has 2 rings (SSSR count). The standard InChI is InChI=1S/C15H18FNO3/c1-9-6-11(16)4-5-12(9)14(18)17-7-10(2)13(8-17)15(19)20-3/h4-6,10,13H,7-8H2,1-3H3. The maximum absolute atomic E-state index is 13.1. The Bertz CT molecular complexity index is 544. The van der Waals surface area contributed by atoms with Crippen LogP contribution in [0.4, 0.5) is 4.39 Å². The Labute approximate surface area is 117 Å². The zero-order valence-electron chi connectivity index (χ0n) is 11.9. The highest BCUT2D eigenvalue weighted by molar-refractivity contribution is 5.96. The Morgan fingerprint density at radius 2 is 2.05 bits per heavy atom. The summed E-state index contributed by atoms with van der Waals surface area (Å²) in [6.07, 6.45) is 0. The van der Waals surface area contributed by atoms with Crippen LogP contribution in [0.1, 0.15) is 22.8 Å². The Balaban J connectivity index is 2.17. The monoisotopic (exact) mass is 279 g/mol. The summed E-state index contributed by atoms with van der Waals surface area (Å²) >= 11 is 0. The van der Waals surface area contributed by atoms with E-state index in [9.17, 15) is 14.0 Å². The van der Waals surface area contributed by atoms with Gasteiger partial charge < -0.3 is 9.64 Å². The molecule has 1 fully saturated rings. The summed E-state index contributed by atoms with van der Waals surface area (Å²) in [6.45, 7) is 4.49. The zero-order chi connectivity index (χ0) is 14.9. The van der Waals surface area contributed by atoms with Crippen molar-refractivity contribution in [2.75, 3.05) is 20.2 Å². The smallest absolute Gasteiger partial charge is 0.310 e. The number of likely N-dealkylation sites (tertiary alicyclic amines) is 1. The van der Waals surface area contributed by atoms with Gasteiger partial charge in [-0.05, 0) is 36.6 Å². The fourth-order valence-corrected chi connectivity index (χ4v) is 2.63. The Morgan fingerprint density at radius 3 is 2.65 bits per heavy atom. The summed E-state index contributed by atoms with van der Waals surface area (Å²) in [6, 6.07) is 4.10. The number of carbonyl (C=O) groups is 2. The van der Waals surface area contributed by atoms with Gasteiger partial charge in [0.1, 0.15) is 5.82 Å². The van der Waals surface area contributed by atoms with Crippen molar-refractivity contribution in [3.63, 3.8) is 0 Å². The molecule has 0 spiro atoms. The van der Waals surface area contributed by atoms with Gasteiger partial charge in [0.15, 0.2) is 0 Å². The quantitative estimate of drug-likeness (QED) is 0.778. The van der Waals surface area contributed by atoms with E-state index in [1.165, 1.54) is 25.3 Å². The Kier molecular flexibility index (Phi) is 4.06. The van der Waals surface area contributed by atoms with Crippen molar-refractivity contribution in [2.24, 2.45) is 11.8 Å². The molecular formula is C15H18FNO3. The molecule has 1 saturated heterocycles. The number of carbonyl (C=O) groups excluding carboxylic acids is 2. The molecule has 0 aromatic heterocycles. The zero-order valence-corrected chi connectivity index (χ0v) is 11.9. The molecule has 2 atom stereocenters. The number of hydrogen-bond donors (Lipinski definition) is 0. The van der Waals surface area contributed by atoms with E-state index >= 15 is 0 Å². The predicted molar refractivity (Wildman–Crippen MR) is 71.7 cm³/mol. The second-order valence-corrected chi connectivity index (χ2v) is 5.28. The SMILES string of the molecule is COC(=O)C1CN(C(=O)c2ccc(F)cc2C)CC1C. The van der Waals surface area contributed by atoms with Gasteiger partial charge in [0.25, 0.3) is 5.91 Å². The van der Waals surface area contributed by atoms with Gasteiger partial charge >= 0.3 is 5.97 Å². The summed E-state index contributed by atoms with van der Waals surface area (Å²) in [5.41, 5.74) is 1.08. The summed E-state index contributed by atoms with van der Waals surface area (Å²) in [7, 11) is 1.35. The average molecular weight is 279 g/mol. The number of methoxy groups -OCH3 is 1. The van der Waals surface area contributed by atoms with Gasteiger partial charge in [-0.1, -0.05) is 6.92 Å². The number of aryl methyl sites for hydroxylation is 1. The van der Waals surface area contributed by atoms with Gasteiger partial charge in [0.2, 0.25) is 0 Å². The number of nitrogens with zero attached hydrogens (tertiary/aromatic N) is 1. The van der Waals surface area contributed by atoms with E-state index in [-0.39, 0.29) is 29.5 Å². The molecule has 2 unspecified atom stereocenters. The van der Waals surface area contributed by atoms with Crippen molar-refractivity contribution in [1.29, 1.82) is 0 Å². The summed E-state index contributed by atoms with van der Waals surface area (Å²) in [4.78, 5) is 25.7. The van der Waals surface area contributed by atoms with Crippen molar-refractivity contribution >= 4 is 11.9 Å². The van der Waals surface area contributed by atoms with E-state index in [0.717, 1.165) is 0 Å². The molecule has 1 amide bonds. The molecule has 1 aromatic rings. The molecule has 0 bridgehead atoms. The van der Waals surface area contributed by atoms with Crippen LogP contribution < -0.4 is 0 Å². The van der Waals surface area contributed by atoms with Crippen LogP contribution in [0, 0.1) is 24.6 Å². The van der Waals surface area contributed by atoms with Gasteiger partial charge in [-0.2, -0.15) is 0 Å². The number of amides is 1. The molecule has 0 saturated carbocycles. The summed E-state index contributed by atoms with van der Waals surface area (Å²) in [5.74, 6) is -1.04. The Hall–Kier alpha value is -1.91. The molecule has 1 heterocycles. The molecule has 108 valence electrons. The van der Waals surface area contributed by atoms with E-state index in [1.807, 2.05) is 6.92 Å². The van der Waals surface area contributed by atoms with E-state index in [2.05, 4.69) is 0 Å². The van der Waals surface area contributed by atoms with Crippen molar-refractivity contribution in [2.45, 2.75) is 13.8 Å². The van der Waals surface area contributed by atoms with Gasteiger partial charge in [0, 0.05) is 18.7 Å². The number of esters is 1. The lowest BCUT2D eigenvalue weighted by Crippen LogP contribution is -2.30. The molecule has 1 aliphatic heterocycles. The van der Waals surface area contributed by atoms with Crippen LogP contribution in [0.25, 0.3) is 0 Å². The number of ether oxygens (including phenoxy) is 1. The Morgan fingerprint density at radius 1 is 1.35 bits per heavy atom. The molecule has 1 aliphatic rings. The van der Waals surface area contributed by atoms with Crippen LogP contribution in [0.3, 0.4) is 0 Å². The molecule has 1 aromatic carbocycles. The summed E-state index contributed by atoms with van der Waals surface area (Å²) in [5, 5.41) is 0. The van der Waals surface area contributed by atoms with E-state index < -0.39 is 0 Å². The lowest BCUT2D eigenvalue weighted by Gasteiger charge is -2.17. The normalized spacial score (nSPS) is 21.9. The predicted octanol–water partition coefficient (Wildman–Crippen LogP) is 2.02. The fourth-order valence-electron chi connectivity index (χ4n) is 2.63. The average Bonchev–Trinajstić information content (AvgIpc) is 2.79. The van der Waals surface area contributed by atoms with E-state index in [1.54, 1.807) is 11.8 Å². The van der Waals surface area contributed by atoms with Crippen molar-refractivity contribution in [3.05, 3.63) is 35.1 Å². The first-order valence-electron chi connectivity index (χ1n) is 6.57. The van der Waals surface area contributed by atoms with E-state index in [0.29, 0.717) is 24.2 Å². The highest BCUT2D eigenvalue weighted by Crippen LogP contribution is 2.26. The minimum atomic E-state index is -0.360. The maximum Gasteiger partial charge on any atom is 0.310 e. The van der Waals surface area contributed by atoms with Crippen LogP contribution in [0.2, 0.25) is 0 Å². The first-order valence-corrected chi connectivity index (χ1v) is 6.57. The number of benzene rings is 1. The van der Waals surface area contributed by atoms with Crippen LogP contribution in [-0.2, 0) is 9.53 Å². The van der Waals surface area contributed by atoms with Gasteiger partial charge in [-0.25, -0.2) is 4.39 Å². The van der Waals surface area contributed by atoms with Crippen LogP contribution in [0.5, 0.6) is 0 Å². The molecule has 20 heavy (non-hydrogen) atoms. The molecular weight excluding hydrogens is 261 g/mol. The first kappa shape index (κ1) is 14.5. The van der Waals surface area contributed by atoms with Gasteiger partial charge in [-0.3, -0.25) is 9.59 Å². The largest absolute Gasteiger partial charge is 0.469 e. The third kappa shape index (κ3) is 2.66. The van der Waals surface area contributed by atoms with Crippen molar-refractivity contribution in [3.8, 4) is 0 Å². The fraction of sp³-hybridized carbons (Fsp3) is 0.467. The molecule has 5 heteroatoms. The van der Waals surface area contributed by atoms with Crippen molar-refractivity contribution in [1.82, 2.24) is 4.90 Å². The molecule has 0 aliphatic carbocycles. The minimum absolute atomic E-state index is 0.0622. The first-order chi connectivity index (χ1) is 9.43. The van der Waals surface area contributed by atoms with Crippen LogP contribution in [0.15, 0.2) is 18.2 Å². The second kappa shape index (κ2) is 5.61. The van der Waals surface area contributed by atoms with Gasteiger partial charge in [0.05, 0.1) is 13.0 Å². The topological polar surface area (TPSA) is 46.6 Å². The molecule has 4 nitrogen and oxygen atoms in total. The van der Waals surface area contributed by atoms with E-state index in [4.69, 9.17) is 4.74 Å². The minimum Gasteiger partial charge on any atom is -0.469 e. The maximum atomic E-state index is 13.1. The van der Waals surface area contributed by atoms with Crippen molar-refractivity contribution < 1.29 is 18.7 Å². The lowest BCUT2D eigenvalue weighted by molar-refractivity contribution is -0.146.